The summed E-state index contributed by atoms with van der Waals surface area (Å²) >= 11 is 0. The van der Waals surface area contributed by atoms with E-state index in [1.165, 1.54) is 5.56 Å². The Morgan fingerprint density at radius 3 is 2.21 bits per heavy atom. The normalized spacial score (nSPS) is 16.9. The number of aliphatic carboxylic acids is 2. The fourth-order valence-corrected chi connectivity index (χ4v) is 2.98. The second kappa shape index (κ2) is 13.9. The quantitative estimate of drug-likeness (QED) is 0.354. The van der Waals surface area contributed by atoms with Gasteiger partial charge in [0.15, 0.2) is 17.8 Å². The highest BCUT2D eigenvalue weighted by Crippen LogP contribution is 2.36. The molecular formula is C23H29NO9. The summed E-state index contributed by atoms with van der Waals surface area (Å²) < 4.78 is 28.1. The van der Waals surface area contributed by atoms with Crippen molar-refractivity contribution in [3.05, 3.63) is 54.1 Å². The summed E-state index contributed by atoms with van der Waals surface area (Å²) in [7, 11) is 3.23. The molecule has 1 unspecified atom stereocenters. The molecule has 2 atom stereocenters. The highest BCUT2D eigenvalue weighted by Gasteiger charge is 2.25. The topological polar surface area (TPSA) is 133 Å². The van der Waals surface area contributed by atoms with Crippen LogP contribution in [0.3, 0.4) is 0 Å². The molecule has 1 heterocycles. The molecule has 0 spiro atoms. The van der Waals surface area contributed by atoms with E-state index in [2.05, 4.69) is 17.4 Å². The number of para-hydroxylation sites is 1. The molecule has 180 valence electrons. The second-order valence-electron chi connectivity index (χ2n) is 6.87. The second-order valence-corrected chi connectivity index (χ2v) is 6.87. The molecule has 0 aliphatic carbocycles. The summed E-state index contributed by atoms with van der Waals surface area (Å²) in [6.07, 6.45) is 0.654. The van der Waals surface area contributed by atoms with E-state index in [9.17, 15) is 0 Å². The summed E-state index contributed by atoms with van der Waals surface area (Å²) in [5.41, 5.74) is 1.22. The number of carboxylic acid groups (broad SMARTS) is 2. The Balaban J connectivity index is 0.000000569. The molecule has 2 aromatic carbocycles. The van der Waals surface area contributed by atoms with Gasteiger partial charge in [0, 0.05) is 19.5 Å². The molecule has 3 N–H and O–H groups in total. The van der Waals surface area contributed by atoms with Crippen molar-refractivity contribution in [2.45, 2.75) is 18.8 Å². The number of methoxy groups -OCH3 is 2. The number of rotatable bonds is 10. The molecule has 0 aromatic heterocycles. The van der Waals surface area contributed by atoms with Crippen molar-refractivity contribution in [1.29, 1.82) is 0 Å². The largest absolute Gasteiger partial charge is 0.493 e. The van der Waals surface area contributed by atoms with Gasteiger partial charge >= 0.3 is 11.9 Å². The van der Waals surface area contributed by atoms with Crippen molar-refractivity contribution < 1.29 is 43.5 Å². The molecule has 1 aliphatic heterocycles. The molecule has 2 aromatic rings. The van der Waals surface area contributed by atoms with Crippen LogP contribution in [-0.4, -0.2) is 75.1 Å². The minimum absolute atomic E-state index is 0.0551. The summed E-state index contributed by atoms with van der Waals surface area (Å²) in [5.74, 6) is -1.71. The molecule has 10 nitrogen and oxygen atoms in total. The Morgan fingerprint density at radius 1 is 1.00 bits per heavy atom. The first-order valence-corrected chi connectivity index (χ1v) is 10.3. The van der Waals surface area contributed by atoms with E-state index >= 15 is 0 Å². The number of hydrogen-bond donors (Lipinski definition) is 3. The molecule has 0 radical (unpaired) electrons. The number of nitrogens with one attached hydrogen (secondary N) is 1. The fraction of sp³-hybridized carbons (Fsp3) is 0.391. The third kappa shape index (κ3) is 8.97. The van der Waals surface area contributed by atoms with Crippen LogP contribution in [0.1, 0.15) is 5.56 Å². The molecule has 10 heteroatoms. The van der Waals surface area contributed by atoms with Crippen molar-refractivity contribution in [3.63, 3.8) is 0 Å². The van der Waals surface area contributed by atoms with Crippen LogP contribution in [0, 0.1) is 0 Å². The Labute approximate surface area is 192 Å². The van der Waals surface area contributed by atoms with E-state index in [0.717, 1.165) is 13.0 Å². The van der Waals surface area contributed by atoms with Crippen molar-refractivity contribution in [1.82, 2.24) is 5.32 Å². The van der Waals surface area contributed by atoms with Gasteiger partial charge in [-0.1, -0.05) is 36.4 Å². The van der Waals surface area contributed by atoms with E-state index in [1.54, 1.807) is 14.2 Å². The number of carboxylic acids is 2. The van der Waals surface area contributed by atoms with E-state index in [-0.39, 0.29) is 12.4 Å². The van der Waals surface area contributed by atoms with Gasteiger partial charge < -0.3 is 39.2 Å². The van der Waals surface area contributed by atoms with Crippen LogP contribution in [0.25, 0.3) is 0 Å². The van der Waals surface area contributed by atoms with Gasteiger partial charge in [-0.2, -0.15) is 0 Å². The third-order valence-electron chi connectivity index (χ3n) is 4.52. The number of hydrogen-bond acceptors (Lipinski definition) is 8. The Hall–Kier alpha value is -3.34. The van der Waals surface area contributed by atoms with E-state index < -0.39 is 11.9 Å². The summed E-state index contributed by atoms with van der Waals surface area (Å²) in [5, 5.41) is 18.1. The predicted molar refractivity (Wildman–Crippen MR) is 118 cm³/mol. The minimum atomic E-state index is -1.82. The summed E-state index contributed by atoms with van der Waals surface area (Å²) in [6, 6.07) is 15.8. The number of benzene rings is 2. The van der Waals surface area contributed by atoms with Gasteiger partial charge in [0.2, 0.25) is 5.75 Å². The lowest BCUT2D eigenvalue weighted by atomic mass is 10.1. The van der Waals surface area contributed by atoms with Crippen molar-refractivity contribution >= 4 is 11.9 Å². The SMILES string of the molecule is COc1cccc(OC)c1OCCNCC1CO[C@@H](Cc2ccccc2)O1.O=C(O)C(=O)O. The zero-order chi connectivity index (χ0) is 24.1. The Kier molecular flexibility index (Phi) is 10.9. The Morgan fingerprint density at radius 2 is 1.64 bits per heavy atom. The van der Waals surface area contributed by atoms with Crippen LogP contribution >= 0.6 is 0 Å². The standard InChI is InChI=1S/C21H27NO5.C2H2O4/c1-23-18-9-6-10-19(24-2)21(18)25-12-11-22-14-17-15-26-20(27-17)13-16-7-4-3-5-8-16;3-1(4)2(5)6/h3-10,17,20,22H,11-15H2,1-2H3;(H,3,4)(H,5,6)/t17?,20-;/m1./s1. The highest BCUT2D eigenvalue weighted by molar-refractivity contribution is 6.27. The molecule has 1 aliphatic rings. The monoisotopic (exact) mass is 463 g/mol. The molecule has 3 rings (SSSR count). The first-order valence-electron chi connectivity index (χ1n) is 10.3. The van der Waals surface area contributed by atoms with Crippen LogP contribution in [0.2, 0.25) is 0 Å². The first-order chi connectivity index (χ1) is 15.9. The van der Waals surface area contributed by atoms with E-state index in [0.29, 0.717) is 37.0 Å². The molecule has 33 heavy (non-hydrogen) atoms. The maximum atomic E-state index is 9.10. The van der Waals surface area contributed by atoms with Crippen LogP contribution < -0.4 is 19.5 Å². The van der Waals surface area contributed by atoms with Gasteiger partial charge in [-0.25, -0.2) is 9.59 Å². The van der Waals surface area contributed by atoms with Crippen molar-refractivity contribution in [2.24, 2.45) is 0 Å². The molecular weight excluding hydrogens is 434 g/mol. The predicted octanol–water partition coefficient (Wildman–Crippen LogP) is 1.81. The maximum Gasteiger partial charge on any atom is 0.414 e. The zero-order valence-corrected chi connectivity index (χ0v) is 18.6. The lowest BCUT2D eigenvalue weighted by Crippen LogP contribution is -2.32. The average molecular weight is 463 g/mol. The van der Waals surface area contributed by atoms with Crippen LogP contribution in [0.5, 0.6) is 17.2 Å². The van der Waals surface area contributed by atoms with Gasteiger partial charge in [0.25, 0.3) is 0 Å². The van der Waals surface area contributed by atoms with Crippen molar-refractivity contribution in [3.8, 4) is 17.2 Å². The van der Waals surface area contributed by atoms with Crippen LogP contribution in [0.15, 0.2) is 48.5 Å². The Bertz CT molecular complexity index is 841. The maximum absolute atomic E-state index is 9.10. The van der Waals surface area contributed by atoms with Crippen molar-refractivity contribution in [2.75, 3.05) is 40.5 Å². The zero-order valence-electron chi connectivity index (χ0n) is 18.6. The number of ether oxygens (including phenoxy) is 5. The molecule has 1 fully saturated rings. The fourth-order valence-electron chi connectivity index (χ4n) is 2.98. The molecule has 1 saturated heterocycles. The third-order valence-corrected chi connectivity index (χ3v) is 4.52. The highest BCUT2D eigenvalue weighted by atomic mass is 16.7. The first kappa shape index (κ1) is 25.9. The van der Waals surface area contributed by atoms with Gasteiger partial charge in [-0.15, -0.1) is 0 Å². The molecule has 0 bridgehead atoms. The minimum Gasteiger partial charge on any atom is -0.493 e. The average Bonchev–Trinajstić information content (AvgIpc) is 3.26. The summed E-state index contributed by atoms with van der Waals surface area (Å²) in [6.45, 7) is 2.51. The van der Waals surface area contributed by atoms with E-state index in [4.69, 9.17) is 43.5 Å². The number of carbonyl (C=O) groups is 2. The smallest absolute Gasteiger partial charge is 0.414 e. The van der Waals surface area contributed by atoms with Crippen LogP contribution in [-0.2, 0) is 25.5 Å². The molecule has 0 saturated carbocycles. The van der Waals surface area contributed by atoms with Gasteiger partial charge in [0.05, 0.1) is 26.9 Å². The van der Waals surface area contributed by atoms with Gasteiger partial charge in [-0.05, 0) is 17.7 Å². The molecule has 0 amide bonds. The summed E-state index contributed by atoms with van der Waals surface area (Å²) in [4.78, 5) is 18.2. The van der Waals surface area contributed by atoms with E-state index in [1.807, 2.05) is 36.4 Å². The lowest BCUT2D eigenvalue weighted by molar-refractivity contribution is -0.159. The lowest BCUT2D eigenvalue weighted by Gasteiger charge is -2.15. The van der Waals surface area contributed by atoms with Crippen LogP contribution in [0.4, 0.5) is 0 Å². The van der Waals surface area contributed by atoms with Gasteiger partial charge in [-0.3, -0.25) is 0 Å². The van der Waals surface area contributed by atoms with Gasteiger partial charge in [0.1, 0.15) is 6.61 Å².